The second-order valence-corrected chi connectivity index (χ2v) is 6.56. The van der Waals surface area contributed by atoms with Crippen molar-refractivity contribution in [1.82, 2.24) is 5.32 Å². The van der Waals surface area contributed by atoms with Crippen LogP contribution in [0.5, 0.6) is 0 Å². The summed E-state index contributed by atoms with van der Waals surface area (Å²) in [6.45, 7) is 5.58. The molecular weight excluding hydrogens is 266 g/mol. The van der Waals surface area contributed by atoms with Crippen LogP contribution in [0.3, 0.4) is 0 Å². The minimum atomic E-state index is 0.581. The fourth-order valence-electron chi connectivity index (χ4n) is 3.57. The second-order valence-electron chi connectivity index (χ2n) is 6.15. The molecule has 0 heterocycles. The van der Waals surface area contributed by atoms with Crippen LogP contribution >= 0.6 is 11.6 Å². The molecule has 20 heavy (non-hydrogen) atoms. The average molecular weight is 294 g/mol. The van der Waals surface area contributed by atoms with E-state index < -0.39 is 0 Å². The normalized spacial score (nSPS) is 24.6. The highest BCUT2D eigenvalue weighted by molar-refractivity contribution is 6.31. The number of likely N-dealkylation sites (N-methyl/N-ethyl adjacent to an activating group) is 1. The van der Waals surface area contributed by atoms with Crippen molar-refractivity contribution in [3.8, 4) is 0 Å². The molecule has 1 aromatic carbocycles. The number of hydrogen-bond acceptors (Lipinski definition) is 1. The fourth-order valence-corrected chi connectivity index (χ4v) is 3.78. The van der Waals surface area contributed by atoms with Gasteiger partial charge in [-0.1, -0.05) is 62.9 Å². The number of halogens is 1. The molecule has 2 rings (SSSR count). The van der Waals surface area contributed by atoms with E-state index in [-0.39, 0.29) is 0 Å². The topological polar surface area (TPSA) is 12.0 Å². The summed E-state index contributed by atoms with van der Waals surface area (Å²) in [5.74, 6) is 1.78. The molecule has 1 aliphatic carbocycles. The fraction of sp³-hybridized carbons (Fsp3) is 0.667. The summed E-state index contributed by atoms with van der Waals surface area (Å²) in [5.41, 5.74) is 1.29. The maximum absolute atomic E-state index is 6.33. The summed E-state index contributed by atoms with van der Waals surface area (Å²) >= 11 is 6.33. The van der Waals surface area contributed by atoms with Crippen LogP contribution in [-0.4, -0.2) is 12.6 Å². The highest BCUT2D eigenvalue weighted by atomic mass is 35.5. The first kappa shape index (κ1) is 15.9. The lowest BCUT2D eigenvalue weighted by Crippen LogP contribution is -2.39. The summed E-state index contributed by atoms with van der Waals surface area (Å²) in [6, 6.07) is 8.87. The lowest BCUT2D eigenvalue weighted by atomic mass is 9.76. The van der Waals surface area contributed by atoms with Gasteiger partial charge in [-0.2, -0.15) is 0 Å². The molecule has 1 aliphatic rings. The summed E-state index contributed by atoms with van der Waals surface area (Å²) in [5, 5.41) is 4.62. The van der Waals surface area contributed by atoms with Gasteiger partial charge in [0, 0.05) is 11.1 Å². The van der Waals surface area contributed by atoms with E-state index in [1.54, 1.807) is 0 Å². The van der Waals surface area contributed by atoms with E-state index in [2.05, 4.69) is 31.3 Å². The number of nitrogens with one attached hydrogen (secondary N) is 1. The first-order valence-electron chi connectivity index (χ1n) is 8.21. The molecule has 1 saturated carbocycles. The maximum atomic E-state index is 6.33. The predicted molar refractivity (Wildman–Crippen MR) is 88.4 cm³/mol. The molecule has 1 unspecified atom stereocenters. The van der Waals surface area contributed by atoms with Crippen molar-refractivity contribution >= 4 is 11.6 Å². The summed E-state index contributed by atoms with van der Waals surface area (Å²) in [7, 11) is 0. The number of benzene rings is 1. The van der Waals surface area contributed by atoms with E-state index in [0.29, 0.717) is 6.04 Å². The molecule has 1 aromatic rings. The van der Waals surface area contributed by atoms with Gasteiger partial charge < -0.3 is 5.32 Å². The molecule has 1 N–H and O–H groups in total. The standard InChI is InChI=1S/C18H28ClN/c1-3-14-9-11-15(12-10-14)18(20-4-2)13-16-7-5-6-8-17(16)19/h5-8,14-15,18,20H,3-4,9-13H2,1-2H3. The van der Waals surface area contributed by atoms with Gasteiger partial charge in [0.25, 0.3) is 0 Å². The molecule has 1 atom stereocenters. The van der Waals surface area contributed by atoms with Crippen molar-refractivity contribution in [2.24, 2.45) is 11.8 Å². The van der Waals surface area contributed by atoms with Crippen molar-refractivity contribution in [3.05, 3.63) is 34.9 Å². The zero-order valence-electron chi connectivity index (χ0n) is 12.9. The Hall–Kier alpha value is -0.530. The van der Waals surface area contributed by atoms with E-state index >= 15 is 0 Å². The Morgan fingerprint density at radius 1 is 1.15 bits per heavy atom. The van der Waals surface area contributed by atoms with Gasteiger partial charge in [0.1, 0.15) is 0 Å². The zero-order valence-corrected chi connectivity index (χ0v) is 13.6. The van der Waals surface area contributed by atoms with Crippen molar-refractivity contribution in [1.29, 1.82) is 0 Å². The van der Waals surface area contributed by atoms with E-state index in [9.17, 15) is 0 Å². The van der Waals surface area contributed by atoms with Crippen LogP contribution in [0.4, 0.5) is 0 Å². The van der Waals surface area contributed by atoms with E-state index in [4.69, 9.17) is 11.6 Å². The zero-order chi connectivity index (χ0) is 14.4. The van der Waals surface area contributed by atoms with E-state index in [0.717, 1.165) is 29.8 Å². The first-order chi connectivity index (χ1) is 9.74. The van der Waals surface area contributed by atoms with Gasteiger partial charge in [-0.25, -0.2) is 0 Å². The van der Waals surface area contributed by atoms with Gasteiger partial charge in [-0.15, -0.1) is 0 Å². The molecule has 0 amide bonds. The van der Waals surface area contributed by atoms with Gasteiger partial charge in [-0.3, -0.25) is 0 Å². The average Bonchev–Trinajstić information content (AvgIpc) is 2.49. The van der Waals surface area contributed by atoms with Gasteiger partial charge >= 0.3 is 0 Å². The van der Waals surface area contributed by atoms with Crippen LogP contribution in [-0.2, 0) is 6.42 Å². The molecule has 1 fully saturated rings. The Labute approximate surface area is 129 Å². The van der Waals surface area contributed by atoms with Crippen LogP contribution in [0.25, 0.3) is 0 Å². The van der Waals surface area contributed by atoms with Crippen molar-refractivity contribution in [2.75, 3.05) is 6.54 Å². The Morgan fingerprint density at radius 3 is 2.45 bits per heavy atom. The summed E-state index contributed by atoms with van der Waals surface area (Å²) < 4.78 is 0. The van der Waals surface area contributed by atoms with Crippen LogP contribution in [0.15, 0.2) is 24.3 Å². The molecule has 0 aliphatic heterocycles. The van der Waals surface area contributed by atoms with E-state index in [1.165, 1.54) is 37.7 Å². The van der Waals surface area contributed by atoms with Gasteiger partial charge in [0.15, 0.2) is 0 Å². The molecule has 112 valence electrons. The SMILES string of the molecule is CCNC(Cc1ccccc1Cl)C1CCC(CC)CC1. The minimum absolute atomic E-state index is 0.581. The quantitative estimate of drug-likeness (QED) is 0.771. The highest BCUT2D eigenvalue weighted by Crippen LogP contribution is 2.33. The maximum Gasteiger partial charge on any atom is 0.0438 e. The Morgan fingerprint density at radius 2 is 1.85 bits per heavy atom. The molecule has 1 nitrogen and oxygen atoms in total. The molecule has 0 aromatic heterocycles. The number of rotatable bonds is 6. The van der Waals surface area contributed by atoms with Crippen molar-refractivity contribution in [2.45, 2.75) is 58.4 Å². The largest absolute Gasteiger partial charge is 0.314 e. The Balaban J connectivity index is 1.99. The molecule has 2 heteroatoms. The molecule has 0 saturated heterocycles. The molecule has 0 radical (unpaired) electrons. The van der Waals surface area contributed by atoms with Crippen molar-refractivity contribution in [3.63, 3.8) is 0 Å². The molecule has 0 spiro atoms. The predicted octanol–water partition coefficient (Wildman–Crippen LogP) is 5.08. The third-order valence-electron chi connectivity index (χ3n) is 4.90. The van der Waals surface area contributed by atoms with Gasteiger partial charge in [0.2, 0.25) is 0 Å². The lowest BCUT2D eigenvalue weighted by molar-refractivity contribution is 0.218. The molecular formula is C18H28ClN. The van der Waals surface area contributed by atoms with Crippen LogP contribution in [0.1, 0.15) is 51.5 Å². The van der Waals surface area contributed by atoms with Gasteiger partial charge in [-0.05, 0) is 49.3 Å². The lowest BCUT2D eigenvalue weighted by Gasteiger charge is -2.34. The second kappa shape index (κ2) is 8.05. The first-order valence-corrected chi connectivity index (χ1v) is 8.59. The summed E-state index contributed by atoms with van der Waals surface area (Å²) in [4.78, 5) is 0. The van der Waals surface area contributed by atoms with Crippen LogP contribution in [0, 0.1) is 11.8 Å². The smallest absolute Gasteiger partial charge is 0.0438 e. The highest BCUT2D eigenvalue weighted by Gasteiger charge is 2.26. The van der Waals surface area contributed by atoms with Crippen molar-refractivity contribution < 1.29 is 0 Å². The molecule has 0 bridgehead atoms. The third kappa shape index (κ3) is 4.23. The van der Waals surface area contributed by atoms with Crippen LogP contribution in [0.2, 0.25) is 5.02 Å². The third-order valence-corrected chi connectivity index (χ3v) is 5.27. The Bertz CT molecular complexity index is 396. The Kier molecular flexibility index (Phi) is 6.38. The monoisotopic (exact) mass is 293 g/mol. The minimum Gasteiger partial charge on any atom is -0.314 e. The van der Waals surface area contributed by atoms with Gasteiger partial charge in [0.05, 0.1) is 0 Å². The number of hydrogen-bond donors (Lipinski definition) is 1. The summed E-state index contributed by atoms with van der Waals surface area (Å²) in [6.07, 6.45) is 7.98. The van der Waals surface area contributed by atoms with Crippen LogP contribution < -0.4 is 5.32 Å². The van der Waals surface area contributed by atoms with E-state index in [1.807, 2.05) is 12.1 Å².